The van der Waals surface area contributed by atoms with Crippen molar-refractivity contribution in [1.29, 1.82) is 0 Å². The fourth-order valence-electron chi connectivity index (χ4n) is 3.12. The van der Waals surface area contributed by atoms with Gasteiger partial charge in [-0.05, 0) is 42.5 Å². The maximum Gasteiger partial charge on any atom is 0.250 e. The lowest BCUT2D eigenvalue weighted by Crippen LogP contribution is -2.20. The average molecular weight is 475 g/mol. The van der Waals surface area contributed by atoms with Crippen molar-refractivity contribution in [3.63, 3.8) is 0 Å². The summed E-state index contributed by atoms with van der Waals surface area (Å²) in [6.45, 7) is 0. The van der Waals surface area contributed by atoms with E-state index in [1.807, 2.05) is 65.2 Å². The topological polar surface area (TPSA) is 104 Å². The predicted molar refractivity (Wildman–Crippen MR) is 131 cm³/mol. The van der Waals surface area contributed by atoms with E-state index in [1.54, 1.807) is 26.5 Å². The number of methoxy groups -OCH3 is 2. The van der Waals surface area contributed by atoms with Gasteiger partial charge in [0, 0.05) is 17.4 Å². The minimum atomic E-state index is -0.271. The Labute approximate surface area is 200 Å². The molecule has 2 heterocycles. The van der Waals surface area contributed by atoms with Crippen LogP contribution in [0.5, 0.6) is 11.5 Å². The van der Waals surface area contributed by atoms with E-state index in [1.165, 1.54) is 18.0 Å². The summed E-state index contributed by atoms with van der Waals surface area (Å²) >= 11 is 1.26. The van der Waals surface area contributed by atoms with Crippen LogP contribution in [0.3, 0.4) is 0 Å². The van der Waals surface area contributed by atoms with E-state index in [2.05, 4.69) is 25.7 Å². The van der Waals surface area contributed by atoms with E-state index >= 15 is 0 Å². The molecule has 2 aromatic heterocycles. The molecule has 0 aliphatic rings. The maximum absolute atomic E-state index is 12.3. The smallest absolute Gasteiger partial charge is 0.250 e. The van der Waals surface area contributed by atoms with Crippen molar-refractivity contribution in [3.8, 4) is 28.6 Å². The van der Waals surface area contributed by atoms with Gasteiger partial charge in [-0.25, -0.2) is 5.43 Å². The molecule has 0 saturated carbocycles. The summed E-state index contributed by atoms with van der Waals surface area (Å²) in [4.78, 5) is 16.5. The highest BCUT2D eigenvalue weighted by Gasteiger charge is 2.18. The average Bonchev–Trinajstić information content (AvgIpc) is 3.32. The molecule has 9 nitrogen and oxygen atoms in total. The van der Waals surface area contributed by atoms with Crippen LogP contribution in [0.2, 0.25) is 0 Å². The van der Waals surface area contributed by atoms with Gasteiger partial charge < -0.3 is 9.47 Å². The largest absolute Gasteiger partial charge is 0.493 e. The number of nitrogens with zero attached hydrogens (tertiary/aromatic N) is 5. The zero-order chi connectivity index (χ0) is 23.8. The van der Waals surface area contributed by atoms with Crippen LogP contribution in [0, 0.1) is 0 Å². The zero-order valence-electron chi connectivity index (χ0n) is 18.6. The van der Waals surface area contributed by atoms with E-state index in [-0.39, 0.29) is 11.7 Å². The van der Waals surface area contributed by atoms with Gasteiger partial charge >= 0.3 is 0 Å². The molecule has 4 aromatic rings. The fourth-order valence-corrected chi connectivity index (χ4v) is 3.86. The third-order valence-electron chi connectivity index (χ3n) is 4.70. The van der Waals surface area contributed by atoms with Crippen molar-refractivity contribution >= 4 is 23.9 Å². The van der Waals surface area contributed by atoms with Crippen LogP contribution in [0.1, 0.15) is 5.69 Å². The number of hydrazone groups is 1. The highest BCUT2D eigenvalue weighted by molar-refractivity contribution is 7.99. The van der Waals surface area contributed by atoms with Crippen LogP contribution in [0.25, 0.3) is 17.1 Å². The fraction of sp³-hybridized carbons (Fsp3) is 0.125. The molecule has 0 aliphatic carbocycles. The van der Waals surface area contributed by atoms with Crippen LogP contribution >= 0.6 is 11.8 Å². The van der Waals surface area contributed by atoms with Gasteiger partial charge in [0.1, 0.15) is 0 Å². The second-order valence-electron chi connectivity index (χ2n) is 6.88. The van der Waals surface area contributed by atoms with Crippen LogP contribution in [0.4, 0.5) is 0 Å². The van der Waals surface area contributed by atoms with Gasteiger partial charge in [-0.1, -0.05) is 36.0 Å². The monoisotopic (exact) mass is 474 g/mol. The predicted octanol–water partition coefficient (Wildman–Crippen LogP) is 3.59. The summed E-state index contributed by atoms with van der Waals surface area (Å²) < 4.78 is 12.7. The molecule has 0 radical (unpaired) electrons. The number of hydrogen-bond donors (Lipinski definition) is 1. The molecule has 2 aromatic carbocycles. The number of carbonyl (C=O) groups excluding carboxylic acids is 1. The molecule has 4 rings (SSSR count). The van der Waals surface area contributed by atoms with Crippen LogP contribution in [0.15, 0.2) is 83.2 Å². The summed E-state index contributed by atoms with van der Waals surface area (Å²) in [6, 6.07) is 20.7. The van der Waals surface area contributed by atoms with Crippen molar-refractivity contribution < 1.29 is 14.3 Å². The van der Waals surface area contributed by atoms with E-state index in [9.17, 15) is 4.79 Å². The Balaban J connectivity index is 1.56. The van der Waals surface area contributed by atoms with Gasteiger partial charge in [-0.2, -0.15) is 5.10 Å². The molecule has 34 heavy (non-hydrogen) atoms. The molecule has 0 aliphatic heterocycles. The Bertz CT molecular complexity index is 1280. The SMILES string of the molecule is COc1ccc(-c2nnc(SCC(=O)N/N=C\c3ccccn3)n2-c2ccccc2)cc1OC. The van der Waals surface area contributed by atoms with Crippen molar-refractivity contribution in [1.82, 2.24) is 25.2 Å². The molecule has 0 atom stereocenters. The molecule has 1 N–H and O–H groups in total. The summed E-state index contributed by atoms with van der Waals surface area (Å²) in [5.74, 6) is 1.66. The molecule has 0 unspecified atom stereocenters. The third-order valence-corrected chi connectivity index (χ3v) is 5.62. The minimum Gasteiger partial charge on any atom is -0.493 e. The standard InChI is InChI=1S/C24H22N6O3S/c1-32-20-12-11-17(14-21(20)33-2)23-28-29-24(30(23)19-9-4-3-5-10-19)34-16-22(31)27-26-15-18-8-6-7-13-25-18/h3-15H,16H2,1-2H3,(H,27,31)/b26-15-. The number of hydrogen-bond acceptors (Lipinski definition) is 8. The first-order valence-corrected chi connectivity index (χ1v) is 11.3. The van der Waals surface area contributed by atoms with Crippen LogP contribution < -0.4 is 14.9 Å². The lowest BCUT2D eigenvalue weighted by molar-refractivity contribution is -0.118. The molecular formula is C24H22N6O3S. The first-order valence-electron chi connectivity index (χ1n) is 10.3. The number of para-hydroxylation sites is 1. The molecule has 0 bridgehead atoms. The summed E-state index contributed by atoms with van der Waals surface area (Å²) in [6.07, 6.45) is 3.15. The summed E-state index contributed by atoms with van der Waals surface area (Å²) in [5.41, 5.74) is 4.83. The molecule has 0 saturated heterocycles. The lowest BCUT2D eigenvalue weighted by Gasteiger charge is -2.12. The number of pyridine rings is 1. The Kier molecular flexibility index (Phi) is 7.51. The van der Waals surface area contributed by atoms with Crippen LogP contribution in [-0.2, 0) is 4.79 Å². The number of rotatable bonds is 9. The quantitative estimate of drug-likeness (QED) is 0.225. The lowest BCUT2D eigenvalue weighted by atomic mass is 10.2. The number of thioether (sulfide) groups is 1. The summed E-state index contributed by atoms with van der Waals surface area (Å²) in [7, 11) is 3.17. The normalized spacial score (nSPS) is 10.9. The van der Waals surface area contributed by atoms with Gasteiger partial charge in [-0.15, -0.1) is 10.2 Å². The molecule has 0 fully saturated rings. The van der Waals surface area contributed by atoms with Gasteiger partial charge in [0.15, 0.2) is 22.5 Å². The van der Waals surface area contributed by atoms with Gasteiger partial charge in [0.25, 0.3) is 5.91 Å². The Hall–Kier alpha value is -4.18. The van der Waals surface area contributed by atoms with Crippen molar-refractivity contribution in [2.24, 2.45) is 5.10 Å². The van der Waals surface area contributed by atoms with Gasteiger partial charge in [0.05, 0.1) is 31.9 Å². The van der Waals surface area contributed by atoms with Crippen molar-refractivity contribution in [2.75, 3.05) is 20.0 Å². The van der Waals surface area contributed by atoms with Gasteiger partial charge in [0.2, 0.25) is 0 Å². The number of benzene rings is 2. The molecular weight excluding hydrogens is 452 g/mol. The van der Waals surface area contributed by atoms with E-state index in [4.69, 9.17) is 9.47 Å². The van der Waals surface area contributed by atoms with Crippen molar-refractivity contribution in [3.05, 3.63) is 78.6 Å². The minimum absolute atomic E-state index is 0.108. The van der Waals surface area contributed by atoms with E-state index in [0.29, 0.717) is 28.2 Å². The Morgan fingerprint density at radius 1 is 1.03 bits per heavy atom. The first-order chi connectivity index (χ1) is 16.7. The highest BCUT2D eigenvalue weighted by Crippen LogP contribution is 2.34. The second kappa shape index (κ2) is 11.1. The second-order valence-corrected chi connectivity index (χ2v) is 7.83. The molecule has 172 valence electrons. The number of carbonyl (C=O) groups is 1. The molecule has 1 amide bonds. The number of amides is 1. The highest BCUT2D eigenvalue weighted by atomic mass is 32.2. The molecule has 10 heteroatoms. The Morgan fingerprint density at radius 3 is 2.56 bits per heavy atom. The number of aromatic nitrogens is 4. The zero-order valence-corrected chi connectivity index (χ0v) is 19.4. The Morgan fingerprint density at radius 2 is 1.82 bits per heavy atom. The van der Waals surface area contributed by atoms with Gasteiger partial charge in [-0.3, -0.25) is 14.3 Å². The number of ether oxygens (including phenoxy) is 2. The maximum atomic E-state index is 12.3. The van der Waals surface area contributed by atoms with E-state index in [0.717, 1.165) is 11.3 Å². The summed E-state index contributed by atoms with van der Waals surface area (Å²) in [5, 5.41) is 13.3. The molecule has 0 spiro atoms. The van der Waals surface area contributed by atoms with Crippen LogP contribution in [-0.4, -0.2) is 51.8 Å². The third kappa shape index (κ3) is 5.41. The number of nitrogens with one attached hydrogen (secondary N) is 1. The van der Waals surface area contributed by atoms with E-state index < -0.39 is 0 Å². The van der Waals surface area contributed by atoms with Crippen molar-refractivity contribution in [2.45, 2.75) is 5.16 Å². The first kappa shape index (κ1) is 23.0.